The van der Waals surface area contributed by atoms with Crippen LogP contribution in [0.25, 0.3) is 0 Å². The monoisotopic (exact) mass is 262 g/mol. The lowest BCUT2D eigenvalue weighted by Crippen LogP contribution is -2.48. The number of piperazine rings is 1. The van der Waals surface area contributed by atoms with Crippen LogP contribution in [0, 0.1) is 5.92 Å². The summed E-state index contributed by atoms with van der Waals surface area (Å²) in [7, 11) is 0. The Hall–Kier alpha value is -1.06. The van der Waals surface area contributed by atoms with Gasteiger partial charge in [0, 0.05) is 32.2 Å². The fraction of sp³-hybridized carbons (Fsp3) is 0.625. The largest absolute Gasteiger partial charge is 0.493 e. The zero-order valence-corrected chi connectivity index (χ0v) is 12.4. The van der Waals surface area contributed by atoms with Crippen molar-refractivity contribution < 1.29 is 4.74 Å². The number of hydrogen-bond acceptors (Lipinski definition) is 3. The normalized spacial score (nSPS) is 20.7. The van der Waals surface area contributed by atoms with E-state index in [0.29, 0.717) is 12.0 Å². The number of hydrogen-bond donors (Lipinski definition) is 1. The Morgan fingerprint density at radius 3 is 2.68 bits per heavy atom. The standard InChI is InChI=1S/C16H26N2O/c1-13(2)12-19-16-6-4-15(5-7-16)11-18-9-8-17-14(3)10-18/h4-7,13-14,17H,8-12H2,1-3H3. The number of benzene rings is 1. The van der Waals surface area contributed by atoms with Crippen LogP contribution in [-0.2, 0) is 6.54 Å². The van der Waals surface area contributed by atoms with E-state index in [9.17, 15) is 0 Å². The molecule has 0 aromatic heterocycles. The van der Waals surface area contributed by atoms with Crippen LogP contribution >= 0.6 is 0 Å². The molecule has 1 unspecified atom stereocenters. The Morgan fingerprint density at radius 1 is 1.32 bits per heavy atom. The molecule has 1 aliphatic rings. The molecule has 106 valence electrons. The van der Waals surface area contributed by atoms with Gasteiger partial charge in [-0.3, -0.25) is 4.90 Å². The molecule has 1 fully saturated rings. The van der Waals surface area contributed by atoms with Gasteiger partial charge in [0.15, 0.2) is 0 Å². The van der Waals surface area contributed by atoms with E-state index in [1.165, 1.54) is 5.56 Å². The SMILES string of the molecule is CC(C)COc1ccc(CN2CCNC(C)C2)cc1. The summed E-state index contributed by atoms with van der Waals surface area (Å²) >= 11 is 0. The Kier molecular flexibility index (Phi) is 5.23. The van der Waals surface area contributed by atoms with E-state index in [1.54, 1.807) is 0 Å². The predicted octanol–water partition coefficient (Wildman–Crippen LogP) is 2.52. The Balaban J connectivity index is 1.84. The molecule has 0 bridgehead atoms. The fourth-order valence-electron chi connectivity index (χ4n) is 2.37. The summed E-state index contributed by atoms with van der Waals surface area (Å²) in [6.07, 6.45) is 0. The molecule has 0 amide bonds. The second-order valence-corrected chi connectivity index (χ2v) is 5.94. The number of rotatable bonds is 5. The van der Waals surface area contributed by atoms with E-state index in [-0.39, 0.29) is 0 Å². The Morgan fingerprint density at radius 2 is 2.05 bits per heavy atom. The Bertz CT molecular complexity index is 375. The van der Waals surface area contributed by atoms with Crippen LogP contribution < -0.4 is 10.1 Å². The lowest BCUT2D eigenvalue weighted by Gasteiger charge is -2.31. The van der Waals surface area contributed by atoms with Crippen molar-refractivity contribution >= 4 is 0 Å². The zero-order chi connectivity index (χ0) is 13.7. The molecular formula is C16H26N2O. The minimum Gasteiger partial charge on any atom is -0.493 e. The van der Waals surface area contributed by atoms with E-state index >= 15 is 0 Å². The topological polar surface area (TPSA) is 24.5 Å². The van der Waals surface area contributed by atoms with Crippen molar-refractivity contribution in [2.75, 3.05) is 26.2 Å². The molecule has 0 spiro atoms. The molecule has 2 rings (SSSR count). The summed E-state index contributed by atoms with van der Waals surface area (Å²) < 4.78 is 5.71. The summed E-state index contributed by atoms with van der Waals surface area (Å²) in [6.45, 7) is 11.8. The van der Waals surface area contributed by atoms with Gasteiger partial charge in [0.25, 0.3) is 0 Å². The fourth-order valence-corrected chi connectivity index (χ4v) is 2.37. The number of nitrogens with one attached hydrogen (secondary N) is 1. The number of ether oxygens (including phenoxy) is 1. The van der Waals surface area contributed by atoms with E-state index < -0.39 is 0 Å². The van der Waals surface area contributed by atoms with Gasteiger partial charge in [-0.15, -0.1) is 0 Å². The molecule has 19 heavy (non-hydrogen) atoms. The maximum Gasteiger partial charge on any atom is 0.119 e. The van der Waals surface area contributed by atoms with Crippen molar-refractivity contribution in [3.63, 3.8) is 0 Å². The summed E-state index contributed by atoms with van der Waals surface area (Å²) in [5.74, 6) is 1.55. The Labute approximate surface area is 116 Å². The van der Waals surface area contributed by atoms with Crippen LogP contribution in [0.4, 0.5) is 0 Å². The van der Waals surface area contributed by atoms with Gasteiger partial charge in [-0.05, 0) is 30.5 Å². The van der Waals surface area contributed by atoms with Gasteiger partial charge in [0.2, 0.25) is 0 Å². The molecule has 0 aliphatic carbocycles. The molecule has 3 heteroatoms. The lowest BCUT2D eigenvalue weighted by atomic mass is 10.1. The minimum absolute atomic E-state index is 0.571. The van der Waals surface area contributed by atoms with Crippen LogP contribution in [-0.4, -0.2) is 37.2 Å². The van der Waals surface area contributed by atoms with Crippen molar-refractivity contribution in [3.05, 3.63) is 29.8 Å². The number of nitrogens with zero attached hydrogens (tertiary/aromatic N) is 1. The molecule has 1 aliphatic heterocycles. The molecule has 1 N–H and O–H groups in total. The molecule has 1 aromatic rings. The van der Waals surface area contributed by atoms with Gasteiger partial charge >= 0.3 is 0 Å². The molecule has 0 radical (unpaired) electrons. The van der Waals surface area contributed by atoms with Gasteiger partial charge in [-0.25, -0.2) is 0 Å². The molecule has 3 nitrogen and oxygen atoms in total. The first-order valence-electron chi connectivity index (χ1n) is 7.31. The van der Waals surface area contributed by atoms with Crippen molar-refractivity contribution in [2.24, 2.45) is 5.92 Å². The highest BCUT2D eigenvalue weighted by molar-refractivity contribution is 5.27. The van der Waals surface area contributed by atoms with Crippen LogP contribution in [0.2, 0.25) is 0 Å². The summed E-state index contributed by atoms with van der Waals surface area (Å²) in [6, 6.07) is 9.14. The summed E-state index contributed by atoms with van der Waals surface area (Å²) in [5.41, 5.74) is 1.37. The molecule has 1 aromatic carbocycles. The van der Waals surface area contributed by atoms with Gasteiger partial charge in [-0.1, -0.05) is 26.0 Å². The highest BCUT2D eigenvalue weighted by atomic mass is 16.5. The highest BCUT2D eigenvalue weighted by Crippen LogP contribution is 2.15. The molecule has 0 saturated carbocycles. The second-order valence-electron chi connectivity index (χ2n) is 5.94. The second kappa shape index (κ2) is 6.92. The third-order valence-electron chi connectivity index (χ3n) is 3.37. The van der Waals surface area contributed by atoms with Gasteiger partial charge in [0.1, 0.15) is 5.75 Å². The van der Waals surface area contributed by atoms with E-state index in [1.807, 2.05) is 0 Å². The zero-order valence-electron chi connectivity index (χ0n) is 12.4. The van der Waals surface area contributed by atoms with E-state index in [4.69, 9.17) is 4.74 Å². The summed E-state index contributed by atoms with van der Waals surface area (Å²) in [4.78, 5) is 2.51. The van der Waals surface area contributed by atoms with Crippen molar-refractivity contribution in [1.82, 2.24) is 10.2 Å². The van der Waals surface area contributed by atoms with Crippen molar-refractivity contribution in [2.45, 2.75) is 33.4 Å². The molecule has 1 saturated heterocycles. The van der Waals surface area contributed by atoms with Gasteiger partial charge in [0.05, 0.1) is 6.61 Å². The first-order valence-corrected chi connectivity index (χ1v) is 7.31. The van der Waals surface area contributed by atoms with Gasteiger partial charge < -0.3 is 10.1 Å². The van der Waals surface area contributed by atoms with E-state index in [0.717, 1.165) is 38.5 Å². The first kappa shape index (κ1) is 14.4. The minimum atomic E-state index is 0.571. The van der Waals surface area contributed by atoms with E-state index in [2.05, 4.69) is 55.3 Å². The first-order chi connectivity index (χ1) is 9.13. The average Bonchev–Trinajstić information content (AvgIpc) is 2.38. The van der Waals surface area contributed by atoms with Crippen molar-refractivity contribution in [1.29, 1.82) is 0 Å². The maximum absolute atomic E-state index is 5.71. The van der Waals surface area contributed by atoms with Crippen LogP contribution in [0.1, 0.15) is 26.3 Å². The molecular weight excluding hydrogens is 236 g/mol. The molecule has 1 heterocycles. The third kappa shape index (κ3) is 4.84. The van der Waals surface area contributed by atoms with Crippen molar-refractivity contribution in [3.8, 4) is 5.75 Å². The van der Waals surface area contributed by atoms with Crippen LogP contribution in [0.15, 0.2) is 24.3 Å². The molecule has 1 atom stereocenters. The van der Waals surface area contributed by atoms with Crippen LogP contribution in [0.5, 0.6) is 5.75 Å². The smallest absolute Gasteiger partial charge is 0.119 e. The lowest BCUT2D eigenvalue weighted by molar-refractivity contribution is 0.199. The predicted molar refractivity (Wildman–Crippen MR) is 79.5 cm³/mol. The highest BCUT2D eigenvalue weighted by Gasteiger charge is 2.15. The average molecular weight is 262 g/mol. The van der Waals surface area contributed by atoms with Crippen LogP contribution in [0.3, 0.4) is 0 Å². The maximum atomic E-state index is 5.71. The summed E-state index contributed by atoms with van der Waals surface area (Å²) in [5, 5.41) is 3.47. The van der Waals surface area contributed by atoms with Gasteiger partial charge in [-0.2, -0.15) is 0 Å². The quantitative estimate of drug-likeness (QED) is 0.882. The third-order valence-corrected chi connectivity index (χ3v) is 3.37.